The van der Waals surface area contributed by atoms with Crippen molar-refractivity contribution in [3.05, 3.63) is 35.1 Å². The fourth-order valence-corrected chi connectivity index (χ4v) is 2.60. The van der Waals surface area contributed by atoms with Crippen LogP contribution in [0.5, 0.6) is 0 Å². The van der Waals surface area contributed by atoms with E-state index in [1.165, 1.54) is 25.3 Å². The van der Waals surface area contributed by atoms with E-state index >= 15 is 0 Å². The molecule has 4 heteroatoms. The van der Waals surface area contributed by atoms with E-state index in [9.17, 15) is 4.39 Å². The topological polar surface area (TPSA) is 49.8 Å². The standard InChI is InChI=1S/C14H17FN2.ClH/c15-13-7-6-11(8-12(13)9-16)14(17)10-4-2-1-3-5-10;/h6-8,10,14H,1-5,17H2;1H/t14-;/m0./s1. The van der Waals surface area contributed by atoms with Gasteiger partial charge in [-0.2, -0.15) is 5.26 Å². The lowest BCUT2D eigenvalue weighted by Gasteiger charge is -2.27. The minimum Gasteiger partial charge on any atom is -0.324 e. The number of hydrogen-bond donors (Lipinski definition) is 1. The van der Waals surface area contributed by atoms with Gasteiger partial charge in [-0.1, -0.05) is 25.3 Å². The minimum atomic E-state index is -0.466. The van der Waals surface area contributed by atoms with E-state index in [1.54, 1.807) is 12.1 Å². The Morgan fingerprint density at radius 2 is 1.94 bits per heavy atom. The van der Waals surface area contributed by atoms with E-state index < -0.39 is 5.82 Å². The normalized spacial score (nSPS) is 17.6. The molecule has 1 saturated carbocycles. The summed E-state index contributed by atoms with van der Waals surface area (Å²) in [6.45, 7) is 0. The second kappa shape index (κ2) is 6.72. The van der Waals surface area contributed by atoms with E-state index in [2.05, 4.69) is 0 Å². The van der Waals surface area contributed by atoms with Crippen molar-refractivity contribution >= 4 is 12.4 Å². The maximum atomic E-state index is 13.2. The molecule has 0 bridgehead atoms. The fraction of sp³-hybridized carbons (Fsp3) is 0.500. The van der Waals surface area contributed by atoms with Gasteiger partial charge in [0.25, 0.3) is 0 Å². The Morgan fingerprint density at radius 1 is 1.28 bits per heavy atom. The molecule has 0 heterocycles. The minimum absolute atomic E-state index is 0. The van der Waals surface area contributed by atoms with Crippen LogP contribution < -0.4 is 5.73 Å². The van der Waals surface area contributed by atoms with Crippen LogP contribution in [0.4, 0.5) is 4.39 Å². The summed E-state index contributed by atoms with van der Waals surface area (Å²) in [5, 5.41) is 8.80. The summed E-state index contributed by atoms with van der Waals surface area (Å²) in [5.74, 6) is 0.00727. The van der Waals surface area contributed by atoms with Crippen LogP contribution in [0, 0.1) is 23.1 Å². The van der Waals surface area contributed by atoms with E-state index in [4.69, 9.17) is 11.0 Å². The first-order valence-corrected chi connectivity index (χ1v) is 6.17. The monoisotopic (exact) mass is 268 g/mol. The molecule has 0 aromatic heterocycles. The Bertz CT molecular complexity index is 436. The summed E-state index contributed by atoms with van der Waals surface area (Å²) in [6.07, 6.45) is 6.02. The van der Waals surface area contributed by atoms with Crippen molar-refractivity contribution in [3.8, 4) is 6.07 Å². The highest BCUT2D eigenvalue weighted by Gasteiger charge is 2.22. The van der Waals surface area contributed by atoms with Crippen molar-refractivity contribution in [1.29, 1.82) is 5.26 Å². The molecular weight excluding hydrogens is 251 g/mol. The van der Waals surface area contributed by atoms with Gasteiger partial charge in [-0.05, 0) is 36.5 Å². The third-order valence-electron chi connectivity index (χ3n) is 3.65. The van der Waals surface area contributed by atoms with E-state index in [-0.39, 0.29) is 24.0 Å². The molecule has 0 aliphatic heterocycles. The average molecular weight is 269 g/mol. The summed E-state index contributed by atoms with van der Waals surface area (Å²) in [5.41, 5.74) is 7.19. The average Bonchev–Trinajstić information content (AvgIpc) is 2.39. The molecule has 0 saturated heterocycles. The SMILES string of the molecule is Cl.N#Cc1cc([C@@H](N)C2CCCCC2)ccc1F. The first kappa shape index (κ1) is 14.9. The van der Waals surface area contributed by atoms with Gasteiger partial charge >= 0.3 is 0 Å². The van der Waals surface area contributed by atoms with Crippen LogP contribution in [0.15, 0.2) is 18.2 Å². The fourth-order valence-electron chi connectivity index (χ4n) is 2.60. The van der Waals surface area contributed by atoms with Gasteiger partial charge < -0.3 is 5.73 Å². The summed E-state index contributed by atoms with van der Waals surface area (Å²) in [6, 6.07) is 6.44. The lowest BCUT2D eigenvalue weighted by Crippen LogP contribution is -2.23. The third-order valence-corrected chi connectivity index (χ3v) is 3.65. The number of hydrogen-bond acceptors (Lipinski definition) is 2. The largest absolute Gasteiger partial charge is 0.324 e. The molecule has 1 aliphatic carbocycles. The summed E-state index contributed by atoms with van der Waals surface area (Å²) < 4.78 is 13.2. The number of nitriles is 1. The second-order valence-corrected chi connectivity index (χ2v) is 4.77. The Hall–Kier alpha value is -1.11. The highest BCUT2D eigenvalue weighted by atomic mass is 35.5. The highest BCUT2D eigenvalue weighted by Crippen LogP contribution is 2.33. The molecule has 1 aliphatic rings. The number of nitrogens with two attached hydrogens (primary N) is 1. The Balaban J connectivity index is 0.00000162. The van der Waals surface area contributed by atoms with Gasteiger partial charge in [0, 0.05) is 6.04 Å². The maximum absolute atomic E-state index is 13.2. The molecule has 98 valence electrons. The molecule has 1 atom stereocenters. The maximum Gasteiger partial charge on any atom is 0.140 e. The molecule has 18 heavy (non-hydrogen) atoms. The number of halogens is 2. The number of rotatable bonds is 2. The van der Waals surface area contributed by atoms with Gasteiger partial charge in [0.2, 0.25) is 0 Å². The predicted octanol–water partition coefficient (Wildman–Crippen LogP) is 3.70. The van der Waals surface area contributed by atoms with E-state index in [0.29, 0.717) is 5.92 Å². The molecule has 0 spiro atoms. The van der Waals surface area contributed by atoms with Crippen LogP contribution >= 0.6 is 12.4 Å². The van der Waals surface area contributed by atoms with Crippen LogP contribution in [0.2, 0.25) is 0 Å². The first-order chi connectivity index (χ1) is 8.22. The molecular formula is C14H18ClFN2. The zero-order chi connectivity index (χ0) is 12.3. The lowest BCUT2D eigenvalue weighted by atomic mass is 9.81. The molecule has 1 aromatic rings. The van der Waals surface area contributed by atoms with Gasteiger partial charge in [-0.25, -0.2) is 4.39 Å². The summed E-state index contributed by atoms with van der Waals surface area (Å²) in [7, 11) is 0. The van der Waals surface area contributed by atoms with Crippen molar-refractivity contribution in [2.75, 3.05) is 0 Å². The van der Waals surface area contributed by atoms with Crippen LogP contribution in [-0.2, 0) is 0 Å². The van der Waals surface area contributed by atoms with Gasteiger partial charge in [-0.15, -0.1) is 12.4 Å². The van der Waals surface area contributed by atoms with Crippen LogP contribution in [-0.4, -0.2) is 0 Å². The lowest BCUT2D eigenvalue weighted by molar-refractivity contribution is 0.308. The van der Waals surface area contributed by atoms with Gasteiger partial charge in [0.1, 0.15) is 11.9 Å². The molecule has 0 unspecified atom stereocenters. The molecule has 0 amide bonds. The Kier molecular flexibility index (Phi) is 5.58. The predicted molar refractivity (Wildman–Crippen MR) is 71.9 cm³/mol. The molecule has 1 aromatic carbocycles. The van der Waals surface area contributed by atoms with Gasteiger partial charge in [0.05, 0.1) is 5.56 Å². The van der Waals surface area contributed by atoms with Crippen molar-refractivity contribution in [2.24, 2.45) is 11.7 Å². The van der Waals surface area contributed by atoms with Crippen molar-refractivity contribution in [2.45, 2.75) is 38.1 Å². The van der Waals surface area contributed by atoms with Gasteiger partial charge in [0.15, 0.2) is 0 Å². The zero-order valence-electron chi connectivity index (χ0n) is 10.2. The molecule has 2 rings (SSSR count). The van der Waals surface area contributed by atoms with Crippen LogP contribution in [0.3, 0.4) is 0 Å². The number of benzene rings is 1. The van der Waals surface area contributed by atoms with E-state index in [0.717, 1.165) is 18.4 Å². The van der Waals surface area contributed by atoms with Crippen molar-refractivity contribution < 1.29 is 4.39 Å². The molecule has 2 N–H and O–H groups in total. The quantitative estimate of drug-likeness (QED) is 0.889. The molecule has 2 nitrogen and oxygen atoms in total. The first-order valence-electron chi connectivity index (χ1n) is 6.17. The van der Waals surface area contributed by atoms with Gasteiger partial charge in [-0.3, -0.25) is 0 Å². The smallest absolute Gasteiger partial charge is 0.140 e. The summed E-state index contributed by atoms with van der Waals surface area (Å²) >= 11 is 0. The Morgan fingerprint density at radius 3 is 2.56 bits per heavy atom. The molecule has 0 radical (unpaired) electrons. The summed E-state index contributed by atoms with van der Waals surface area (Å²) in [4.78, 5) is 0. The second-order valence-electron chi connectivity index (χ2n) is 4.77. The van der Waals surface area contributed by atoms with Crippen molar-refractivity contribution in [3.63, 3.8) is 0 Å². The molecule has 1 fully saturated rings. The zero-order valence-corrected chi connectivity index (χ0v) is 11.0. The Labute approximate surface area is 113 Å². The van der Waals surface area contributed by atoms with E-state index in [1.807, 2.05) is 6.07 Å². The van der Waals surface area contributed by atoms with Crippen LogP contribution in [0.25, 0.3) is 0 Å². The third kappa shape index (κ3) is 3.22. The highest BCUT2D eigenvalue weighted by molar-refractivity contribution is 5.85. The van der Waals surface area contributed by atoms with Crippen LogP contribution in [0.1, 0.15) is 49.3 Å². The number of nitrogens with zero attached hydrogens (tertiary/aromatic N) is 1. The van der Waals surface area contributed by atoms with Crippen molar-refractivity contribution in [1.82, 2.24) is 0 Å².